The second-order valence-electron chi connectivity index (χ2n) is 13.1. The Morgan fingerprint density at radius 2 is 1.79 bits per heavy atom. The topological polar surface area (TPSA) is 152 Å². The molecule has 0 radical (unpaired) electrons. The molecule has 1 aromatic carbocycles. The first-order valence-electron chi connectivity index (χ1n) is 14.4. The average molecular weight is 586 g/mol. The van der Waals surface area contributed by atoms with Crippen molar-refractivity contribution in [2.75, 3.05) is 13.1 Å². The van der Waals surface area contributed by atoms with E-state index < -0.39 is 59.4 Å². The van der Waals surface area contributed by atoms with Crippen molar-refractivity contribution in [1.82, 2.24) is 10.2 Å². The molecule has 2 amide bonds. The number of likely N-dealkylation sites (tertiary alicyclic amines) is 1. The van der Waals surface area contributed by atoms with Crippen molar-refractivity contribution < 1.29 is 33.2 Å². The summed E-state index contributed by atoms with van der Waals surface area (Å²) in [5, 5.41) is 6.54. The first-order chi connectivity index (χ1) is 19.5. The molecular formula is C29H44BN5O7. The monoisotopic (exact) mass is 585 g/mol. The molecule has 3 atom stereocenters. The fraction of sp³-hybridized carbons (Fsp3) is 0.690. The number of esters is 1. The maximum Gasteiger partial charge on any atom is 0.457 e. The van der Waals surface area contributed by atoms with Crippen LogP contribution >= 0.6 is 0 Å². The van der Waals surface area contributed by atoms with Crippen LogP contribution in [0.3, 0.4) is 0 Å². The number of nitrogens with one attached hydrogen (secondary N) is 1. The van der Waals surface area contributed by atoms with E-state index in [4.69, 9.17) is 18.8 Å². The van der Waals surface area contributed by atoms with Crippen LogP contribution in [0.4, 0.5) is 4.79 Å². The molecule has 0 aliphatic carbocycles. The van der Waals surface area contributed by atoms with Crippen molar-refractivity contribution in [2.24, 2.45) is 11.0 Å². The first-order valence-corrected chi connectivity index (χ1v) is 14.4. The minimum atomic E-state index is -1.64. The second kappa shape index (κ2) is 12.9. The highest BCUT2D eigenvalue weighted by molar-refractivity contribution is 6.45. The molecular weight excluding hydrogens is 541 g/mol. The van der Waals surface area contributed by atoms with Crippen LogP contribution in [0.25, 0.3) is 10.4 Å². The number of amides is 2. The minimum Gasteiger partial charge on any atom is -0.460 e. The van der Waals surface area contributed by atoms with Crippen molar-refractivity contribution in [3.8, 4) is 0 Å². The molecule has 0 spiro atoms. The van der Waals surface area contributed by atoms with Crippen molar-refractivity contribution in [3.05, 3.63) is 46.3 Å². The number of rotatable bonds is 10. The molecule has 42 heavy (non-hydrogen) atoms. The molecule has 1 N–H and O–H groups in total. The fourth-order valence-corrected chi connectivity index (χ4v) is 5.15. The van der Waals surface area contributed by atoms with E-state index in [1.165, 1.54) is 4.90 Å². The lowest BCUT2D eigenvalue weighted by molar-refractivity contribution is -0.152. The lowest BCUT2D eigenvalue weighted by atomic mass is 9.78. The predicted molar refractivity (Wildman–Crippen MR) is 157 cm³/mol. The van der Waals surface area contributed by atoms with Gasteiger partial charge in [-0.25, -0.2) is 4.79 Å². The third-order valence-corrected chi connectivity index (χ3v) is 8.05. The SMILES string of the molecule is CC(NC(=O)OC(C)(C)C)C(=O)N1C[C@H](CCCB2OC(C)(C)C(C)(C)O2)[C@](N=[N+]=[N-])(C(=O)OCc2ccccc2)C1. The van der Waals surface area contributed by atoms with Gasteiger partial charge < -0.3 is 29.0 Å². The fourth-order valence-electron chi connectivity index (χ4n) is 5.15. The summed E-state index contributed by atoms with van der Waals surface area (Å²) >= 11 is 0. The summed E-state index contributed by atoms with van der Waals surface area (Å²) in [5.41, 5.74) is 7.02. The first kappa shape index (κ1) is 33.2. The van der Waals surface area contributed by atoms with Gasteiger partial charge in [0, 0.05) is 23.9 Å². The standard InChI is InChI=1S/C29H44BN5O7/c1-20(32-25(38)40-26(2,3)4)23(36)35-17-22(15-12-16-30-41-27(5,6)28(7,8)42-30)29(19-35,33-34-31)24(37)39-18-21-13-10-9-11-14-21/h9-11,13-14,20,22H,12,15-19H2,1-8H3,(H,32,38)/t20?,22-,29-/m0/s1. The smallest absolute Gasteiger partial charge is 0.457 e. The van der Waals surface area contributed by atoms with Crippen molar-refractivity contribution in [2.45, 2.75) is 110 Å². The molecule has 1 unspecified atom stereocenters. The summed E-state index contributed by atoms with van der Waals surface area (Å²) in [6.45, 7) is 14.6. The Bertz CT molecular complexity index is 1170. The maximum atomic E-state index is 13.6. The summed E-state index contributed by atoms with van der Waals surface area (Å²) < 4.78 is 23.2. The Labute approximate surface area is 248 Å². The third kappa shape index (κ3) is 7.96. The number of carbonyl (C=O) groups excluding carboxylic acids is 3. The molecule has 2 aliphatic heterocycles. The van der Waals surface area contributed by atoms with Gasteiger partial charge in [0.25, 0.3) is 0 Å². The summed E-state index contributed by atoms with van der Waals surface area (Å²) in [7, 11) is -0.425. The van der Waals surface area contributed by atoms with Crippen molar-refractivity contribution >= 4 is 25.1 Å². The highest BCUT2D eigenvalue weighted by Crippen LogP contribution is 2.40. The van der Waals surface area contributed by atoms with E-state index in [1.807, 2.05) is 58.0 Å². The zero-order valence-corrected chi connectivity index (χ0v) is 26.0. The quantitative estimate of drug-likeness (QED) is 0.133. The average Bonchev–Trinajstić information content (AvgIpc) is 3.34. The number of nitrogens with zero attached hydrogens (tertiary/aromatic N) is 4. The van der Waals surface area contributed by atoms with E-state index >= 15 is 0 Å². The van der Waals surface area contributed by atoms with Crippen molar-refractivity contribution in [1.29, 1.82) is 0 Å². The summed E-state index contributed by atoms with van der Waals surface area (Å²) in [6, 6.07) is 8.23. The van der Waals surface area contributed by atoms with E-state index in [2.05, 4.69) is 15.3 Å². The van der Waals surface area contributed by atoms with Gasteiger partial charge in [-0.1, -0.05) is 41.9 Å². The van der Waals surface area contributed by atoms with Gasteiger partial charge in [0.2, 0.25) is 5.91 Å². The molecule has 2 aliphatic rings. The van der Waals surface area contributed by atoms with E-state index in [0.29, 0.717) is 19.2 Å². The molecule has 2 heterocycles. The summed E-state index contributed by atoms with van der Waals surface area (Å²) in [4.78, 5) is 43.8. The van der Waals surface area contributed by atoms with E-state index in [1.54, 1.807) is 27.7 Å². The highest BCUT2D eigenvalue weighted by Gasteiger charge is 2.55. The van der Waals surface area contributed by atoms with E-state index in [9.17, 15) is 19.9 Å². The van der Waals surface area contributed by atoms with Crippen LogP contribution in [-0.4, -0.2) is 71.5 Å². The molecule has 2 saturated heterocycles. The van der Waals surface area contributed by atoms with E-state index in [0.717, 1.165) is 5.56 Å². The van der Waals surface area contributed by atoms with E-state index in [-0.39, 0.29) is 19.7 Å². The summed E-state index contributed by atoms with van der Waals surface area (Å²) in [6.07, 6.45) is 0.856. The van der Waals surface area contributed by atoms with Gasteiger partial charge in [-0.3, -0.25) is 9.59 Å². The molecule has 2 fully saturated rings. The van der Waals surface area contributed by atoms with Gasteiger partial charge in [-0.2, -0.15) is 0 Å². The van der Waals surface area contributed by atoms with Gasteiger partial charge in [-0.15, -0.1) is 0 Å². The largest absolute Gasteiger partial charge is 0.460 e. The molecule has 3 rings (SSSR count). The number of benzene rings is 1. The Kier molecular flexibility index (Phi) is 10.2. The van der Waals surface area contributed by atoms with Crippen LogP contribution in [0, 0.1) is 5.92 Å². The van der Waals surface area contributed by atoms with Crippen LogP contribution in [0.2, 0.25) is 6.32 Å². The van der Waals surface area contributed by atoms with Gasteiger partial charge in [0.15, 0.2) is 5.54 Å². The molecule has 12 nitrogen and oxygen atoms in total. The number of ether oxygens (including phenoxy) is 2. The molecule has 230 valence electrons. The molecule has 0 bridgehead atoms. The summed E-state index contributed by atoms with van der Waals surface area (Å²) in [5.74, 6) is -1.66. The van der Waals surface area contributed by atoms with Gasteiger partial charge in [0.1, 0.15) is 18.2 Å². The predicted octanol–water partition coefficient (Wildman–Crippen LogP) is 5.02. The van der Waals surface area contributed by atoms with Gasteiger partial charge in [-0.05, 0) is 79.2 Å². The number of azide groups is 1. The second-order valence-corrected chi connectivity index (χ2v) is 13.1. The molecule has 0 aromatic heterocycles. The van der Waals surface area contributed by atoms with Crippen LogP contribution in [-0.2, 0) is 35.0 Å². The Morgan fingerprint density at radius 3 is 2.36 bits per heavy atom. The Balaban J connectivity index is 1.77. The van der Waals surface area contributed by atoms with Crippen molar-refractivity contribution in [3.63, 3.8) is 0 Å². The number of carbonyl (C=O) groups is 3. The lowest BCUT2D eigenvalue weighted by Gasteiger charge is -2.32. The normalized spacial score (nSPS) is 23.6. The van der Waals surface area contributed by atoms with Crippen LogP contribution in [0.5, 0.6) is 0 Å². The molecule has 1 aromatic rings. The third-order valence-electron chi connectivity index (χ3n) is 8.05. The minimum absolute atomic E-state index is 0.00639. The lowest BCUT2D eigenvalue weighted by Crippen LogP contribution is -2.49. The van der Waals surface area contributed by atoms with Gasteiger partial charge in [0.05, 0.1) is 11.2 Å². The maximum absolute atomic E-state index is 13.6. The number of alkyl carbamates (subject to hydrolysis) is 1. The number of hydrogen-bond acceptors (Lipinski definition) is 8. The van der Waals surface area contributed by atoms with Gasteiger partial charge >= 0.3 is 19.2 Å². The number of hydrogen-bond donors (Lipinski definition) is 1. The molecule has 13 heteroatoms. The van der Waals surface area contributed by atoms with Crippen LogP contribution < -0.4 is 5.32 Å². The van der Waals surface area contributed by atoms with Crippen LogP contribution in [0.1, 0.15) is 73.8 Å². The zero-order valence-electron chi connectivity index (χ0n) is 26.0. The highest BCUT2D eigenvalue weighted by atomic mass is 16.7. The zero-order chi connectivity index (χ0) is 31.3. The molecule has 0 saturated carbocycles. The Hall–Kier alpha value is -3.28. The van der Waals surface area contributed by atoms with Crippen LogP contribution in [0.15, 0.2) is 35.4 Å². The Morgan fingerprint density at radius 1 is 1.17 bits per heavy atom.